The molecule has 0 radical (unpaired) electrons. The quantitative estimate of drug-likeness (QED) is 0.844. The van der Waals surface area contributed by atoms with E-state index in [9.17, 15) is 0 Å². The van der Waals surface area contributed by atoms with Crippen molar-refractivity contribution in [2.75, 3.05) is 38.0 Å². The third-order valence-corrected chi connectivity index (χ3v) is 2.76. The van der Waals surface area contributed by atoms with Crippen molar-refractivity contribution in [1.29, 1.82) is 0 Å². The van der Waals surface area contributed by atoms with Gasteiger partial charge in [0.2, 0.25) is 0 Å². The van der Waals surface area contributed by atoms with Gasteiger partial charge in [0.1, 0.15) is 17.5 Å². The molecule has 0 aromatic carbocycles. The van der Waals surface area contributed by atoms with Gasteiger partial charge >= 0.3 is 0 Å². The van der Waals surface area contributed by atoms with Crippen molar-refractivity contribution < 1.29 is 4.74 Å². The Morgan fingerprint density at radius 2 is 2.00 bits per heavy atom. The van der Waals surface area contributed by atoms with Crippen LogP contribution in [0.3, 0.4) is 0 Å². The van der Waals surface area contributed by atoms with Gasteiger partial charge in [-0.05, 0) is 20.8 Å². The number of rotatable bonds is 5. The van der Waals surface area contributed by atoms with Crippen molar-refractivity contribution >= 4 is 11.6 Å². The highest BCUT2D eigenvalue weighted by Crippen LogP contribution is 2.22. The van der Waals surface area contributed by atoms with E-state index in [-0.39, 0.29) is 6.10 Å². The first kappa shape index (κ1) is 13.7. The van der Waals surface area contributed by atoms with E-state index in [0.717, 1.165) is 29.6 Å². The lowest BCUT2D eigenvalue weighted by atomic mass is 10.2. The topological polar surface area (TPSA) is 50.3 Å². The molecule has 1 atom stereocenters. The molecule has 1 N–H and O–H groups in total. The smallest absolute Gasteiger partial charge is 0.137 e. The fraction of sp³-hybridized carbons (Fsp3) is 0.667. The van der Waals surface area contributed by atoms with E-state index >= 15 is 0 Å². The van der Waals surface area contributed by atoms with E-state index in [1.54, 1.807) is 7.11 Å². The summed E-state index contributed by atoms with van der Waals surface area (Å²) in [6.45, 7) is 6.77. The summed E-state index contributed by atoms with van der Waals surface area (Å²) in [5.41, 5.74) is 1.06. The van der Waals surface area contributed by atoms with Gasteiger partial charge in [-0.1, -0.05) is 0 Å². The van der Waals surface area contributed by atoms with Crippen LogP contribution in [0, 0.1) is 13.8 Å². The lowest BCUT2D eigenvalue weighted by Gasteiger charge is -2.24. The Morgan fingerprint density at radius 1 is 1.35 bits per heavy atom. The SMILES string of the molecule is CNc1nc(C)nc(N(C)CC(C)OC)c1C. The van der Waals surface area contributed by atoms with E-state index < -0.39 is 0 Å². The van der Waals surface area contributed by atoms with Gasteiger partial charge in [0.05, 0.1) is 6.10 Å². The van der Waals surface area contributed by atoms with Crippen LogP contribution in [0.2, 0.25) is 0 Å². The molecule has 17 heavy (non-hydrogen) atoms. The number of hydrogen-bond donors (Lipinski definition) is 1. The Kier molecular flexibility index (Phi) is 4.69. The zero-order chi connectivity index (χ0) is 13.0. The van der Waals surface area contributed by atoms with Gasteiger partial charge in [-0.25, -0.2) is 9.97 Å². The first-order valence-corrected chi connectivity index (χ1v) is 5.76. The summed E-state index contributed by atoms with van der Waals surface area (Å²) >= 11 is 0. The molecular weight excluding hydrogens is 216 g/mol. The van der Waals surface area contributed by atoms with Crippen molar-refractivity contribution in [2.45, 2.75) is 26.9 Å². The Morgan fingerprint density at radius 3 is 2.53 bits per heavy atom. The summed E-state index contributed by atoms with van der Waals surface area (Å²) in [5.74, 6) is 2.60. The van der Waals surface area contributed by atoms with Gasteiger partial charge < -0.3 is 15.0 Å². The van der Waals surface area contributed by atoms with Gasteiger partial charge in [-0.15, -0.1) is 0 Å². The highest BCUT2D eigenvalue weighted by Gasteiger charge is 2.14. The molecule has 0 aliphatic carbocycles. The van der Waals surface area contributed by atoms with Gasteiger partial charge in [-0.2, -0.15) is 0 Å². The third kappa shape index (κ3) is 3.30. The third-order valence-electron chi connectivity index (χ3n) is 2.76. The number of anilines is 2. The molecule has 1 heterocycles. The molecule has 5 nitrogen and oxygen atoms in total. The second-order valence-electron chi connectivity index (χ2n) is 4.24. The number of ether oxygens (including phenoxy) is 1. The molecule has 0 aliphatic heterocycles. The number of nitrogens with one attached hydrogen (secondary N) is 1. The molecule has 1 aromatic rings. The number of hydrogen-bond acceptors (Lipinski definition) is 5. The second-order valence-corrected chi connectivity index (χ2v) is 4.24. The molecule has 1 unspecified atom stereocenters. The first-order valence-electron chi connectivity index (χ1n) is 5.76. The second kappa shape index (κ2) is 5.82. The lowest BCUT2D eigenvalue weighted by Crippen LogP contribution is -2.30. The monoisotopic (exact) mass is 238 g/mol. The molecule has 0 saturated carbocycles. The normalized spacial score (nSPS) is 12.4. The van der Waals surface area contributed by atoms with Gasteiger partial charge in [0.25, 0.3) is 0 Å². The first-order chi connectivity index (χ1) is 7.99. The van der Waals surface area contributed by atoms with Crippen LogP contribution in [-0.4, -0.2) is 43.8 Å². The molecule has 0 saturated heterocycles. The van der Waals surface area contributed by atoms with Crippen LogP contribution in [-0.2, 0) is 4.74 Å². The van der Waals surface area contributed by atoms with Crippen LogP contribution in [0.4, 0.5) is 11.6 Å². The Labute approximate surface area is 103 Å². The van der Waals surface area contributed by atoms with E-state index in [2.05, 4.69) is 20.2 Å². The van der Waals surface area contributed by atoms with Crippen molar-refractivity contribution in [1.82, 2.24) is 9.97 Å². The summed E-state index contributed by atoms with van der Waals surface area (Å²) < 4.78 is 5.27. The van der Waals surface area contributed by atoms with Crippen LogP contribution >= 0.6 is 0 Å². The van der Waals surface area contributed by atoms with Crippen LogP contribution in [0.25, 0.3) is 0 Å². The van der Waals surface area contributed by atoms with E-state index in [4.69, 9.17) is 4.74 Å². The fourth-order valence-corrected chi connectivity index (χ4v) is 1.78. The Bertz CT molecular complexity index is 381. The maximum absolute atomic E-state index is 5.27. The fourth-order valence-electron chi connectivity index (χ4n) is 1.78. The molecule has 1 aromatic heterocycles. The zero-order valence-electron chi connectivity index (χ0n) is 11.5. The van der Waals surface area contributed by atoms with Crippen molar-refractivity contribution in [3.05, 3.63) is 11.4 Å². The van der Waals surface area contributed by atoms with Crippen LogP contribution in [0.15, 0.2) is 0 Å². The highest BCUT2D eigenvalue weighted by atomic mass is 16.5. The van der Waals surface area contributed by atoms with Crippen LogP contribution in [0.1, 0.15) is 18.3 Å². The minimum absolute atomic E-state index is 0.174. The van der Waals surface area contributed by atoms with Crippen molar-refractivity contribution in [3.63, 3.8) is 0 Å². The van der Waals surface area contributed by atoms with Gasteiger partial charge in [0, 0.05) is 33.3 Å². The standard InChI is InChI=1S/C12H22N4O/c1-8(17-6)7-16(5)12-9(2)11(13-4)14-10(3)15-12/h8H,7H2,1-6H3,(H,13,14,15). The van der Waals surface area contributed by atoms with Gasteiger partial charge in [0.15, 0.2) is 0 Å². The van der Waals surface area contributed by atoms with E-state index in [1.807, 2.05) is 34.9 Å². The predicted octanol–water partition coefficient (Wildman–Crippen LogP) is 1.61. The molecular formula is C12H22N4O. The summed E-state index contributed by atoms with van der Waals surface area (Å²) in [6, 6.07) is 0. The Hall–Kier alpha value is -1.36. The molecule has 0 bridgehead atoms. The maximum atomic E-state index is 5.27. The van der Waals surface area contributed by atoms with E-state index in [1.165, 1.54) is 0 Å². The lowest BCUT2D eigenvalue weighted by molar-refractivity contribution is 0.124. The summed E-state index contributed by atoms with van der Waals surface area (Å²) in [6.07, 6.45) is 0.174. The van der Waals surface area contributed by atoms with Gasteiger partial charge in [-0.3, -0.25) is 0 Å². The summed E-state index contributed by atoms with van der Waals surface area (Å²) in [4.78, 5) is 10.9. The molecule has 1 rings (SSSR count). The van der Waals surface area contributed by atoms with Crippen molar-refractivity contribution in [3.8, 4) is 0 Å². The molecule has 0 amide bonds. The molecule has 0 aliphatic rings. The molecule has 96 valence electrons. The molecule has 0 spiro atoms. The minimum Gasteiger partial charge on any atom is -0.380 e. The number of likely N-dealkylation sites (N-methyl/N-ethyl adjacent to an activating group) is 1. The predicted molar refractivity (Wildman–Crippen MR) is 70.8 cm³/mol. The number of methoxy groups -OCH3 is 1. The average molecular weight is 238 g/mol. The molecule has 5 heteroatoms. The largest absolute Gasteiger partial charge is 0.380 e. The Balaban J connectivity index is 3.00. The summed E-state index contributed by atoms with van der Waals surface area (Å²) in [5, 5.41) is 3.09. The van der Waals surface area contributed by atoms with Crippen LogP contribution < -0.4 is 10.2 Å². The number of aryl methyl sites for hydroxylation is 1. The highest BCUT2D eigenvalue weighted by molar-refractivity contribution is 5.58. The minimum atomic E-state index is 0.174. The summed E-state index contributed by atoms with van der Waals surface area (Å²) in [7, 11) is 5.61. The number of aromatic nitrogens is 2. The zero-order valence-corrected chi connectivity index (χ0v) is 11.5. The van der Waals surface area contributed by atoms with Crippen LogP contribution in [0.5, 0.6) is 0 Å². The molecule has 0 fully saturated rings. The van der Waals surface area contributed by atoms with E-state index in [0.29, 0.717) is 0 Å². The average Bonchev–Trinajstić information content (AvgIpc) is 2.31. The number of nitrogens with zero attached hydrogens (tertiary/aromatic N) is 3. The maximum Gasteiger partial charge on any atom is 0.137 e. The van der Waals surface area contributed by atoms with Crippen molar-refractivity contribution in [2.24, 2.45) is 0 Å².